The Morgan fingerprint density at radius 3 is 2.80 bits per heavy atom. The smallest absolute Gasteiger partial charge is 0.142 e. The molecule has 2 aromatic carbocycles. The van der Waals surface area contributed by atoms with Crippen LogP contribution < -0.4 is 5.73 Å². The van der Waals surface area contributed by atoms with Crippen molar-refractivity contribution in [1.29, 1.82) is 0 Å². The number of nitrogens with zero attached hydrogens (tertiary/aromatic N) is 3. The standard InChI is InChI=1S/C20H18N4O/c1-3-17-19(13(2)25-23-17)15-9-16(21)20-18(10-15)24(12-22-20)11-14-7-5-4-6-8-14/h3-10,12H,1,11,21H2,2H3. The predicted octanol–water partition coefficient (Wildman–Crippen LogP) is 4.27. The molecule has 0 amide bonds. The van der Waals surface area contributed by atoms with E-state index in [1.807, 2.05) is 37.5 Å². The second-order valence-corrected chi connectivity index (χ2v) is 5.99. The number of fused-ring (bicyclic) bond motifs is 1. The molecule has 4 aromatic rings. The van der Waals surface area contributed by atoms with Crippen molar-refractivity contribution in [3.63, 3.8) is 0 Å². The normalized spacial score (nSPS) is 11.1. The third kappa shape index (κ3) is 2.59. The molecule has 0 spiro atoms. The predicted molar refractivity (Wildman–Crippen MR) is 100 cm³/mol. The molecule has 2 N–H and O–H groups in total. The third-order valence-electron chi connectivity index (χ3n) is 4.32. The maximum absolute atomic E-state index is 6.26. The summed E-state index contributed by atoms with van der Waals surface area (Å²) >= 11 is 0. The number of aromatic nitrogens is 3. The molecule has 0 bridgehead atoms. The van der Waals surface area contributed by atoms with Gasteiger partial charge in [-0.25, -0.2) is 4.98 Å². The summed E-state index contributed by atoms with van der Waals surface area (Å²) in [6.07, 6.45) is 3.51. The zero-order valence-electron chi connectivity index (χ0n) is 13.9. The van der Waals surface area contributed by atoms with Crippen LogP contribution in [0.5, 0.6) is 0 Å². The first kappa shape index (κ1) is 15.2. The van der Waals surface area contributed by atoms with Crippen LogP contribution in [0.3, 0.4) is 0 Å². The molecule has 0 saturated carbocycles. The molecule has 0 saturated heterocycles. The monoisotopic (exact) mass is 330 g/mol. The highest BCUT2D eigenvalue weighted by Gasteiger charge is 2.16. The van der Waals surface area contributed by atoms with Gasteiger partial charge in [-0.1, -0.05) is 42.1 Å². The molecule has 2 heterocycles. The Bertz CT molecular complexity index is 1060. The molecule has 0 atom stereocenters. The van der Waals surface area contributed by atoms with Crippen LogP contribution in [-0.2, 0) is 6.54 Å². The molecule has 5 heteroatoms. The molecule has 2 aromatic heterocycles. The quantitative estimate of drug-likeness (QED) is 0.567. The van der Waals surface area contributed by atoms with Crippen molar-refractivity contribution in [1.82, 2.24) is 14.7 Å². The fourth-order valence-corrected chi connectivity index (χ4v) is 3.12. The Hall–Kier alpha value is -3.34. The molecule has 0 fully saturated rings. The molecule has 124 valence electrons. The Morgan fingerprint density at radius 1 is 1.24 bits per heavy atom. The van der Waals surface area contributed by atoms with Gasteiger partial charge >= 0.3 is 0 Å². The van der Waals surface area contributed by atoms with Gasteiger partial charge in [0.1, 0.15) is 17.0 Å². The van der Waals surface area contributed by atoms with Crippen LogP contribution in [-0.4, -0.2) is 14.7 Å². The van der Waals surface area contributed by atoms with E-state index in [2.05, 4.69) is 39.5 Å². The Morgan fingerprint density at radius 2 is 2.04 bits per heavy atom. The SMILES string of the molecule is C=Cc1noc(C)c1-c1cc(N)c2ncn(Cc3ccccc3)c2c1. The van der Waals surface area contributed by atoms with Gasteiger partial charge in [-0.2, -0.15) is 0 Å². The van der Waals surface area contributed by atoms with E-state index in [0.29, 0.717) is 11.4 Å². The summed E-state index contributed by atoms with van der Waals surface area (Å²) in [7, 11) is 0. The second-order valence-electron chi connectivity index (χ2n) is 5.99. The number of benzene rings is 2. The third-order valence-corrected chi connectivity index (χ3v) is 4.32. The number of rotatable bonds is 4. The van der Waals surface area contributed by atoms with E-state index in [9.17, 15) is 0 Å². The van der Waals surface area contributed by atoms with Crippen molar-refractivity contribution in [3.05, 3.63) is 72.4 Å². The van der Waals surface area contributed by atoms with Crippen molar-refractivity contribution in [3.8, 4) is 11.1 Å². The van der Waals surface area contributed by atoms with Gasteiger partial charge in [-0.05, 0) is 36.3 Å². The fourth-order valence-electron chi connectivity index (χ4n) is 3.12. The minimum Gasteiger partial charge on any atom is -0.397 e. The number of hydrogen-bond acceptors (Lipinski definition) is 4. The summed E-state index contributed by atoms with van der Waals surface area (Å²) in [5, 5.41) is 4.04. The maximum atomic E-state index is 6.26. The van der Waals surface area contributed by atoms with Gasteiger partial charge in [0.25, 0.3) is 0 Å². The van der Waals surface area contributed by atoms with Gasteiger partial charge < -0.3 is 14.8 Å². The first-order chi connectivity index (χ1) is 12.2. The van der Waals surface area contributed by atoms with Crippen LogP contribution in [0.1, 0.15) is 17.0 Å². The first-order valence-corrected chi connectivity index (χ1v) is 8.04. The highest BCUT2D eigenvalue weighted by molar-refractivity contribution is 5.93. The van der Waals surface area contributed by atoms with Crippen molar-refractivity contribution >= 4 is 22.8 Å². The molecule has 0 aliphatic carbocycles. The lowest BCUT2D eigenvalue weighted by Gasteiger charge is -2.08. The summed E-state index contributed by atoms with van der Waals surface area (Å²) in [5.74, 6) is 0.739. The number of hydrogen-bond donors (Lipinski definition) is 1. The largest absolute Gasteiger partial charge is 0.397 e. The molecule has 0 radical (unpaired) electrons. The number of nitrogens with two attached hydrogens (primary N) is 1. The van der Waals surface area contributed by atoms with Crippen LogP contribution in [0.15, 0.2) is 59.9 Å². The lowest BCUT2D eigenvalue weighted by Crippen LogP contribution is -1.98. The first-order valence-electron chi connectivity index (χ1n) is 8.04. The summed E-state index contributed by atoms with van der Waals surface area (Å²) in [6.45, 7) is 6.43. The van der Waals surface area contributed by atoms with E-state index < -0.39 is 0 Å². The molecule has 0 unspecified atom stereocenters. The van der Waals surface area contributed by atoms with Gasteiger partial charge in [0.05, 0.1) is 23.1 Å². The second kappa shape index (κ2) is 5.94. The highest BCUT2D eigenvalue weighted by atomic mass is 16.5. The number of nitrogen functional groups attached to an aromatic ring is 1. The molecular weight excluding hydrogens is 312 g/mol. The van der Waals surface area contributed by atoms with E-state index in [4.69, 9.17) is 10.3 Å². The summed E-state index contributed by atoms with van der Waals surface area (Å²) in [5.41, 5.74) is 12.5. The molecule has 4 rings (SSSR count). The number of imidazole rings is 1. The van der Waals surface area contributed by atoms with Gasteiger partial charge in [0.2, 0.25) is 0 Å². The van der Waals surface area contributed by atoms with Crippen molar-refractivity contribution in [2.24, 2.45) is 0 Å². The van der Waals surface area contributed by atoms with Crippen molar-refractivity contribution in [2.45, 2.75) is 13.5 Å². The zero-order valence-corrected chi connectivity index (χ0v) is 13.9. The minimum absolute atomic E-state index is 0.634. The van der Waals surface area contributed by atoms with E-state index in [-0.39, 0.29) is 0 Å². The van der Waals surface area contributed by atoms with E-state index >= 15 is 0 Å². The van der Waals surface area contributed by atoms with Gasteiger partial charge in [-0.15, -0.1) is 0 Å². The molecule has 5 nitrogen and oxygen atoms in total. The lowest BCUT2D eigenvalue weighted by atomic mass is 10.0. The Kier molecular flexibility index (Phi) is 3.61. The maximum Gasteiger partial charge on any atom is 0.142 e. The van der Waals surface area contributed by atoms with Crippen molar-refractivity contribution in [2.75, 3.05) is 5.73 Å². The van der Waals surface area contributed by atoms with E-state index in [0.717, 1.165) is 34.5 Å². The van der Waals surface area contributed by atoms with Crippen LogP contribution in [0.4, 0.5) is 5.69 Å². The van der Waals surface area contributed by atoms with Gasteiger partial charge in [0, 0.05) is 6.54 Å². The Balaban J connectivity index is 1.87. The van der Waals surface area contributed by atoms with Crippen molar-refractivity contribution < 1.29 is 4.52 Å². The fraction of sp³-hybridized carbons (Fsp3) is 0.100. The average molecular weight is 330 g/mol. The summed E-state index contributed by atoms with van der Waals surface area (Å²) in [6, 6.07) is 14.3. The lowest BCUT2D eigenvalue weighted by molar-refractivity contribution is 0.396. The molecule has 25 heavy (non-hydrogen) atoms. The van der Waals surface area contributed by atoms with Crippen LogP contribution in [0.25, 0.3) is 28.2 Å². The molecule has 0 aliphatic heterocycles. The number of aryl methyl sites for hydroxylation is 1. The van der Waals surface area contributed by atoms with Gasteiger partial charge in [0.15, 0.2) is 0 Å². The minimum atomic E-state index is 0.634. The summed E-state index contributed by atoms with van der Waals surface area (Å²) < 4.78 is 7.41. The highest BCUT2D eigenvalue weighted by Crippen LogP contribution is 2.33. The summed E-state index contributed by atoms with van der Waals surface area (Å²) in [4.78, 5) is 4.48. The van der Waals surface area contributed by atoms with E-state index in [1.54, 1.807) is 6.08 Å². The zero-order chi connectivity index (χ0) is 17.4. The topological polar surface area (TPSA) is 69.9 Å². The molecular formula is C20H18N4O. The van der Waals surface area contributed by atoms with Crippen LogP contribution in [0, 0.1) is 6.92 Å². The Labute approximate surface area is 145 Å². The van der Waals surface area contributed by atoms with E-state index in [1.165, 1.54) is 5.56 Å². The van der Waals surface area contributed by atoms with Crippen LogP contribution >= 0.6 is 0 Å². The van der Waals surface area contributed by atoms with Gasteiger partial charge in [-0.3, -0.25) is 0 Å². The van der Waals surface area contributed by atoms with Crippen LogP contribution in [0.2, 0.25) is 0 Å². The number of anilines is 1. The molecule has 0 aliphatic rings. The average Bonchev–Trinajstić information content (AvgIpc) is 3.19.